The Labute approximate surface area is 112 Å². The average Bonchev–Trinajstić information content (AvgIpc) is 2.32. The number of carbonyl (C=O) groups is 1. The van der Waals surface area contributed by atoms with Crippen molar-refractivity contribution >= 4 is 21.9 Å². The Morgan fingerprint density at radius 2 is 1.72 bits per heavy atom. The maximum atomic E-state index is 11.8. The summed E-state index contributed by atoms with van der Waals surface area (Å²) in [5, 5.41) is 18.6. The summed E-state index contributed by atoms with van der Waals surface area (Å²) in [6.07, 6.45) is 0. The standard InChI is InChI=1S/C13H9BrO4/c14-8-1-4-10(5-2-8)18-13(17)11-6-3-9(15)7-12(11)16/h1-7,15-16H. The van der Waals surface area contributed by atoms with E-state index in [1.807, 2.05) is 0 Å². The van der Waals surface area contributed by atoms with Gasteiger partial charge in [-0.15, -0.1) is 0 Å². The Morgan fingerprint density at radius 1 is 1.06 bits per heavy atom. The molecule has 0 saturated carbocycles. The number of hydrogen-bond acceptors (Lipinski definition) is 4. The minimum atomic E-state index is -0.685. The van der Waals surface area contributed by atoms with Crippen molar-refractivity contribution in [1.29, 1.82) is 0 Å². The van der Waals surface area contributed by atoms with Gasteiger partial charge in [-0.3, -0.25) is 0 Å². The molecule has 0 unspecified atom stereocenters. The summed E-state index contributed by atoms with van der Waals surface area (Å²) in [5.41, 5.74) is -0.00396. The van der Waals surface area contributed by atoms with E-state index in [0.29, 0.717) is 5.75 Å². The van der Waals surface area contributed by atoms with Gasteiger partial charge in [0.1, 0.15) is 22.8 Å². The molecular formula is C13H9BrO4. The molecule has 0 bridgehead atoms. The number of halogens is 1. The molecule has 2 aromatic rings. The topological polar surface area (TPSA) is 66.8 Å². The number of ether oxygens (including phenoxy) is 1. The second-order valence-corrected chi connectivity index (χ2v) is 4.46. The Hall–Kier alpha value is -2.01. The molecule has 92 valence electrons. The lowest BCUT2D eigenvalue weighted by Crippen LogP contribution is -2.08. The van der Waals surface area contributed by atoms with Gasteiger partial charge in [-0.05, 0) is 36.4 Å². The van der Waals surface area contributed by atoms with E-state index in [0.717, 1.165) is 10.5 Å². The van der Waals surface area contributed by atoms with Crippen LogP contribution in [-0.4, -0.2) is 16.2 Å². The smallest absolute Gasteiger partial charge is 0.347 e. The first kappa shape index (κ1) is 12.4. The van der Waals surface area contributed by atoms with E-state index in [2.05, 4.69) is 15.9 Å². The molecule has 0 spiro atoms. The Kier molecular flexibility index (Phi) is 3.53. The third-order valence-electron chi connectivity index (χ3n) is 2.23. The van der Waals surface area contributed by atoms with E-state index < -0.39 is 5.97 Å². The quantitative estimate of drug-likeness (QED) is 0.661. The van der Waals surface area contributed by atoms with Gasteiger partial charge in [-0.1, -0.05) is 15.9 Å². The Bertz CT molecular complexity index is 578. The second-order valence-electron chi connectivity index (χ2n) is 3.54. The molecule has 0 aliphatic rings. The van der Waals surface area contributed by atoms with E-state index in [-0.39, 0.29) is 17.1 Å². The van der Waals surface area contributed by atoms with E-state index in [1.54, 1.807) is 24.3 Å². The first-order valence-electron chi connectivity index (χ1n) is 5.06. The van der Waals surface area contributed by atoms with Gasteiger partial charge < -0.3 is 14.9 Å². The van der Waals surface area contributed by atoms with E-state index in [9.17, 15) is 9.90 Å². The van der Waals surface area contributed by atoms with Crippen LogP contribution in [0.2, 0.25) is 0 Å². The molecule has 0 saturated heterocycles. The highest BCUT2D eigenvalue weighted by atomic mass is 79.9. The molecule has 2 aromatic carbocycles. The van der Waals surface area contributed by atoms with Gasteiger partial charge in [-0.25, -0.2) is 4.79 Å². The van der Waals surface area contributed by atoms with Gasteiger partial charge in [0.15, 0.2) is 0 Å². The summed E-state index contributed by atoms with van der Waals surface area (Å²) in [5.74, 6) is -0.754. The number of benzene rings is 2. The van der Waals surface area contributed by atoms with Gasteiger partial charge in [0.2, 0.25) is 0 Å². The molecule has 0 amide bonds. The lowest BCUT2D eigenvalue weighted by molar-refractivity contribution is 0.0731. The molecule has 0 radical (unpaired) electrons. The van der Waals surface area contributed by atoms with Crippen LogP contribution in [0.1, 0.15) is 10.4 Å². The van der Waals surface area contributed by atoms with E-state index >= 15 is 0 Å². The predicted octanol–water partition coefficient (Wildman–Crippen LogP) is 3.08. The van der Waals surface area contributed by atoms with Crippen LogP contribution < -0.4 is 4.74 Å². The summed E-state index contributed by atoms with van der Waals surface area (Å²) < 4.78 is 5.94. The first-order valence-corrected chi connectivity index (χ1v) is 5.85. The Balaban J connectivity index is 2.19. The molecule has 0 atom stereocenters. The second kappa shape index (κ2) is 5.10. The van der Waals surface area contributed by atoms with Crippen molar-refractivity contribution in [3.63, 3.8) is 0 Å². The van der Waals surface area contributed by atoms with Crippen LogP contribution in [0.4, 0.5) is 0 Å². The van der Waals surface area contributed by atoms with Gasteiger partial charge >= 0.3 is 5.97 Å². The van der Waals surface area contributed by atoms with Crippen molar-refractivity contribution in [2.45, 2.75) is 0 Å². The number of esters is 1. The van der Waals surface area contributed by atoms with Crippen LogP contribution in [0.5, 0.6) is 17.2 Å². The van der Waals surface area contributed by atoms with E-state index in [4.69, 9.17) is 9.84 Å². The highest BCUT2D eigenvalue weighted by molar-refractivity contribution is 9.10. The van der Waals surface area contributed by atoms with Crippen molar-refractivity contribution in [2.75, 3.05) is 0 Å². The molecule has 18 heavy (non-hydrogen) atoms. The number of carbonyl (C=O) groups excluding carboxylic acids is 1. The largest absolute Gasteiger partial charge is 0.508 e. The molecule has 0 aliphatic heterocycles. The number of aromatic hydroxyl groups is 2. The molecule has 0 fully saturated rings. The Morgan fingerprint density at radius 3 is 2.33 bits per heavy atom. The SMILES string of the molecule is O=C(Oc1ccc(Br)cc1)c1ccc(O)cc1O. The van der Waals surface area contributed by atoms with Gasteiger partial charge in [0, 0.05) is 10.5 Å². The minimum Gasteiger partial charge on any atom is -0.508 e. The summed E-state index contributed by atoms with van der Waals surface area (Å²) in [4.78, 5) is 11.8. The zero-order chi connectivity index (χ0) is 13.1. The highest BCUT2D eigenvalue weighted by Gasteiger charge is 2.13. The van der Waals surface area contributed by atoms with Crippen LogP contribution in [0.15, 0.2) is 46.9 Å². The summed E-state index contributed by atoms with van der Waals surface area (Å²) in [7, 11) is 0. The van der Waals surface area contributed by atoms with Gasteiger partial charge in [0.05, 0.1) is 0 Å². The third kappa shape index (κ3) is 2.81. The number of phenolic OH excluding ortho intramolecular Hbond substituents is 2. The maximum Gasteiger partial charge on any atom is 0.347 e. The summed E-state index contributed by atoms with van der Waals surface area (Å²) >= 11 is 3.27. The number of rotatable bonds is 2. The molecule has 2 rings (SSSR count). The lowest BCUT2D eigenvalue weighted by Gasteiger charge is -2.06. The van der Waals surface area contributed by atoms with Crippen LogP contribution in [-0.2, 0) is 0 Å². The zero-order valence-electron chi connectivity index (χ0n) is 9.13. The highest BCUT2D eigenvalue weighted by Crippen LogP contribution is 2.24. The van der Waals surface area contributed by atoms with Crippen molar-refractivity contribution in [3.05, 3.63) is 52.5 Å². The third-order valence-corrected chi connectivity index (χ3v) is 2.75. The van der Waals surface area contributed by atoms with Crippen molar-refractivity contribution < 1.29 is 19.7 Å². The fraction of sp³-hybridized carbons (Fsp3) is 0. The molecule has 2 N–H and O–H groups in total. The molecule has 4 nitrogen and oxygen atoms in total. The normalized spacial score (nSPS) is 10.1. The van der Waals surface area contributed by atoms with Crippen LogP contribution in [0.25, 0.3) is 0 Å². The number of phenols is 2. The van der Waals surface area contributed by atoms with Crippen LogP contribution in [0, 0.1) is 0 Å². The lowest BCUT2D eigenvalue weighted by atomic mass is 10.2. The fourth-order valence-electron chi connectivity index (χ4n) is 1.36. The summed E-state index contributed by atoms with van der Waals surface area (Å²) in [6, 6.07) is 10.4. The van der Waals surface area contributed by atoms with Crippen molar-refractivity contribution in [3.8, 4) is 17.2 Å². The number of hydrogen-bond donors (Lipinski definition) is 2. The van der Waals surface area contributed by atoms with E-state index in [1.165, 1.54) is 12.1 Å². The van der Waals surface area contributed by atoms with Crippen molar-refractivity contribution in [2.24, 2.45) is 0 Å². The van der Waals surface area contributed by atoms with Gasteiger partial charge in [0.25, 0.3) is 0 Å². The maximum absolute atomic E-state index is 11.8. The minimum absolute atomic E-state index is 0.00396. The monoisotopic (exact) mass is 308 g/mol. The van der Waals surface area contributed by atoms with Gasteiger partial charge in [-0.2, -0.15) is 0 Å². The molecular weight excluding hydrogens is 300 g/mol. The molecule has 0 heterocycles. The zero-order valence-corrected chi connectivity index (χ0v) is 10.7. The van der Waals surface area contributed by atoms with Crippen LogP contribution in [0.3, 0.4) is 0 Å². The van der Waals surface area contributed by atoms with Crippen LogP contribution >= 0.6 is 15.9 Å². The molecule has 0 aliphatic carbocycles. The summed E-state index contributed by atoms with van der Waals surface area (Å²) in [6.45, 7) is 0. The van der Waals surface area contributed by atoms with Crippen molar-refractivity contribution in [1.82, 2.24) is 0 Å². The first-order chi connectivity index (χ1) is 8.56. The fourth-order valence-corrected chi connectivity index (χ4v) is 1.62. The average molecular weight is 309 g/mol. The molecule has 5 heteroatoms. The molecule has 0 aromatic heterocycles. The predicted molar refractivity (Wildman–Crippen MR) is 68.9 cm³/mol.